The summed E-state index contributed by atoms with van der Waals surface area (Å²) in [5, 5.41) is 1.04. The Morgan fingerprint density at radius 3 is 2.70 bits per heavy atom. The molecule has 2 heterocycles. The Bertz CT molecular complexity index is 839. The number of fused-ring (bicyclic) bond motifs is 1. The van der Waals surface area contributed by atoms with Gasteiger partial charge in [-0.3, -0.25) is 4.79 Å². The van der Waals surface area contributed by atoms with E-state index in [2.05, 4.69) is 15.0 Å². The molecule has 2 aromatic heterocycles. The van der Waals surface area contributed by atoms with Crippen molar-refractivity contribution in [2.24, 2.45) is 0 Å². The Kier molecular flexibility index (Phi) is 2.95. The predicted octanol–water partition coefficient (Wildman–Crippen LogP) is 2.13. The predicted molar refractivity (Wildman–Crippen MR) is 79.4 cm³/mol. The zero-order valence-corrected chi connectivity index (χ0v) is 11.1. The van der Waals surface area contributed by atoms with E-state index >= 15 is 0 Å². The first-order valence-corrected chi connectivity index (χ1v) is 6.44. The summed E-state index contributed by atoms with van der Waals surface area (Å²) in [5.41, 5.74) is 7.59. The molecule has 0 saturated heterocycles. The lowest BCUT2D eigenvalue weighted by atomic mass is 10.2. The van der Waals surface area contributed by atoms with E-state index in [4.69, 9.17) is 5.73 Å². The first-order valence-electron chi connectivity index (χ1n) is 6.44. The second-order valence-corrected chi connectivity index (χ2v) is 4.52. The number of nitrogens with zero attached hydrogens (tertiary/aromatic N) is 2. The molecular weight excluding hydrogens is 252 g/mol. The Morgan fingerprint density at radius 1 is 1.15 bits per heavy atom. The van der Waals surface area contributed by atoms with E-state index in [1.54, 1.807) is 0 Å². The Balaban J connectivity index is 2.18. The smallest absolute Gasteiger partial charge is 0.256 e. The number of H-pyrrole nitrogens is 1. The van der Waals surface area contributed by atoms with Crippen LogP contribution in [0.3, 0.4) is 0 Å². The van der Waals surface area contributed by atoms with Gasteiger partial charge in [-0.15, -0.1) is 0 Å². The van der Waals surface area contributed by atoms with Gasteiger partial charge in [-0.2, -0.15) is 0 Å². The molecule has 0 saturated carbocycles. The molecule has 3 aromatic rings. The van der Waals surface area contributed by atoms with Crippen LogP contribution in [0, 0.1) is 0 Å². The Hall–Kier alpha value is -2.69. The van der Waals surface area contributed by atoms with Gasteiger partial charge in [0, 0.05) is 5.39 Å². The van der Waals surface area contributed by atoms with Crippen LogP contribution in [0.15, 0.2) is 41.2 Å². The van der Waals surface area contributed by atoms with Gasteiger partial charge < -0.3 is 10.7 Å². The number of anilines is 1. The molecule has 100 valence electrons. The van der Waals surface area contributed by atoms with E-state index in [0.717, 1.165) is 10.9 Å². The number of aromatic nitrogens is 3. The van der Waals surface area contributed by atoms with Crippen molar-refractivity contribution >= 4 is 16.7 Å². The van der Waals surface area contributed by atoms with Gasteiger partial charge in [0.2, 0.25) is 0 Å². The summed E-state index contributed by atoms with van der Waals surface area (Å²) in [6, 6.07) is 11.5. The van der Waals surface area contributed by atoms with E-state index in [1.807, 2.05) is 43.3 Å². The largest absolute Gasteiger partial charge is 0.383 e. The topological polar surface area (TPSA) is 84.7 Å². The lowest BCUT2D eigenvalue weighted by Gasteiger charge is -2.06. The first-order chi connectivity index (χ1) is 9.69. The van der Waals surface area contributed by atoms with Gasteiger partial charge in [-0.1, -0.05) is 31.2 Å². The van der Waals surface area contributed by atoms with Crippen molar-refractivity contribution in [3.05, 3.63) is 52.3 Å². The van der Waals surface area contributed by atoms with Crippen LogP contribution in [0.25, 0.3) is 22.4 Å². The second kappa shape index (κ2) is 4.77. The Labute approximate surface area is 115 Å². The molecule has 3 N–H and O–H groups in total. The minimum Gasteiger partial charge on any atom is -0.383 e. The number of nitrogens with one attached hydrogen (secondary N) is 1. The van der Waals surface area contributed by atoms with Gasteiger partial charge in [0.1, 0.15) is 11.5 Å². The maximum Gasteiger partial charge on any atom is 0.256 e. The van der Waals surface area contributed by atoms with Gasteiger partial charge in [0.15, 0.2) is 5.82 Å². The SMILES string of the molecule is CCc1c(N)nc(-c2ccc3ccccc3n2)[nH]c1=O. The molecule has 0 aliphatic heterocycles. The molecule has 1 aromatic carbocycles. The zero-order valence-electron chi connectivity index (χ0n) is 11.1. The summed E-state index contributed by atoms with van der Waals surface area (Å²) < 4.78 is 0. The number of para-hydroxylation sites is 1. The van der Waals surface area contributed by atoms with Crippen molar-refractivity contribution in [1.29, 1.82) is 0 Å². The van der Waals surface area contributed by atoms with Crippen molar-refractivity contribution in [2.75, 3.05) is 5.73 Å². The standard InChI is InChI=1S/C15H14N4O/c1-2-10-13(16)18-14(19-15(10)20)12-8-7-9-5-3-4-6-11(9)17-12/h3-8H,2H2,1H3,(H3,16,18,19,20). The third kappa shape index (κ3) is 2.03. The second-order valence-electron chi connectivity index (χ2n) is 4.52. The van der Waals surface area contributed by atoms with Crippen LogP contribution in [-0.4, -0.2) is 15.0 Å². The summed E-state index contributed by atoms with van der Waals surface area (Å²) in [6.45, 7) is 1.87. The van der Waals surface area contributed by atoms with Crippen LogP contribution < -0.4 is 11.3 Å². The molecule has 5 heteroatoms. The minimum absolute atomic E-state index is 0.204. The average molecular weight is 266 g/mol. The summed E-state index contributed by atoms with van der Waals surface area (Å²) in [6.07, 6.45) is 0.555. The van der Waals surface area contributed by atoms with Crippen LogP contribution in [0.1, 0.15) is 12.5 Å². The molecule has 20 heavy (non-hydrogen) atoms. The van der Waals surface area contributed by atoms with Crippen molar-refractivity contribution in [3.63, 3.8) is 0 Å². The van der Waals surface area contributed by atoms with Gasteiger partial charge >= 0.3 is 0 Å². The number of pyridine rings is 1. The van der Waals surface area contributed by atoms with Gasteiger partial charge in [-0.25, -0.2) is 9.97 Å². The summed E-state index contributed by atoms with van der Waals surface area (Å²) in [7, 11) is 0. The number of rotatable bonds is 2. The van der Waals surface area contributed by atoms with Crippen LogP contribution in [0.4, 0.5) is 5.82 Å². The summed E-state index contributed by atoms with van der Waals surface area (Å²) in [4.78, 5) is 23.4. The van der Waals surface area contributed by atoms with Crippen LogP contribution in [0.5, 0.6) is 0 Å². The number of benzene rings is 1. The third-order valence-electron chi connectivity index (χ3n) is 3.24. The highest BCUT2D eigenvalue weighted by Gasteiger charge is 2.09. The number of hydrogen-bond acceptors (Lipinski definition) is 4. The average Bonchev–Trinajstić information content (AvgIpc) is 2.46. The molecular formula is C15H14N4O. The minimum atomic E-state index is -0.204. The van der Waals surface area contributed by atoms with Gasteiger partial charge in [0.25, 0.3) is 5.56 Å². The number of hydrogen-bond donors (Lipinski definition) is 2. The lowest BCUT2D eigenvalue weighted by Crippen LogP contribution is -2.17. The van der Waals surface area contributed by atoms with Crippen LogP contribution in [0.2, 0.25) is 0 Å². The molecule has 0 aliphatic carbocycles. The van der Waals surface area contributed by atoms with Gasteiger partial charge in [0.05, 0.1) is 11.1 Å². The fourth-order valence-electron chi connectivity index (χ4n) is 2.18. The lowest BCUT2D eigenvalue weighted by molar-refractivity contribution is 1.01. The highest BCUT2D eigenvalue weighted by atomic mass is 16.1. The molecule has 0 atom stereocenters. The maximum atomic E-state index is 11.9. The van der Waals surface area contributed by atoms with E-state index in [-0.39, 0.29) is 11.4 Å². The molecule has 0 spiro atoms. The zero-order chi connectivity index (χ0) is 14.1. The summed E-state index contributed by atoms with van der Waals surface area (Å²) >= 11 is 0. The molecule has 0 unspecified atom stereocenters. The van der Waals surface area contributed by atoms with Crippen molar-refractivity contribution < 1.29 is 0 Å². The number of aromatic amines is 1. The molecule has 5 nitrogen and oxygen atoms in total. The summed E-state index contributed by atoms with van der Waals surface area (Å²) in [5.74, 6) is 0.664. The highest BCUT2D eigenvalue weighted by Crippen LogP contribution is 2.18. The van der Waals surface area contributed by atoms with Crippen LogP contribution in [-0.2, 0) is 6.42 Å². The maximum absolute atomic E-state index is 11.9. The fourth-order valence-corrected chi connectivity index (χ4v) is 2.18. The molecule has 3 rings (SSSR count). The Morgan fingerprint density at radius 2 is 1.95 bits per heavy atom. The van der Waals surface area contributed by atoms with E-state index in [9.17, 15) is 4.79 Å². The molecule has 0 amide bonds. The quantitative estimate of drug-likeness (QED) is 0.744. The van der Waals surface area contributed by atoms with Crippen molar-refractivity contribution in [2.45, 2.75) is 13.3 Å². The molecule has 0 radical (unpaired) electrons. The van der Waals surface area contributed by atoms with E-state index in [1.165, 1.54) is 0 Å². The number of nitrogens with two attached hydrogens (primary N) is 1. The normalized spacial score (nSPS) is 10.8. The molecule has 0 aliphatic rings. The van der Waals surface area contributed by atoms with Gasteiger partial charge in [-0.05, 0) is 18.6 Å². The first kappa shape index (κ1) is 12.3. The van der Waals surface area contributed by atoms with E-state index in [0.29, 0.717) is 23.5 Å². The fraction of sp³-hybridized carbons (Fsp3) is 0.133. The molecule has 0 bridgehead atoms. The van der Waals surface area contributed by atoms with Crippen molar-refractivity contribution in [1.82, 2.24) is 15.0 Å². The molecule has 0 fully saturated rings. The van der Waals surface area contributed by atoms with Crippen molar-refractivity contribution in [3.8, 4) is 11.5 Å². The van der Waals surface area contributed by atoms with Crippen LogP contribution >= 0.6 is 0 Å². The van der Waals surface area contributed by atoms with E-state index < -0.39 is 0 Å². The monoisotopic (exact) mass is 266 g/mol. The highest BCUT2D eigenvalue weighted by molar-refractivity contribution is 5.80. The third-order valence-corrected chi connectivity index (χ3v) is 3.24. The number of nitrogen functional groups attached to an aromatic ring is 1.